The van der Waals surface area contributed by atoms with Gasteiger partial charge in [0.15, 0.2) is 0 Å². The van der Waals surface area contributed by atoms with Gasteiger partial charge < -0.3 is 26.5 Å². The van der Waals surface area contributed by atoms with Gasteiger partial charge in [-0.2, -0.15) is 0 Å². The molecule has 0 aliphatic heterocycles. The topological polar surface area (TPSA) is 99.7 Å². The van der Waals surface area contributed by atoms with Crippen LogP contribution < -0.4 is 21.4 Å². The first-order chi connectivity index (χ1) is 10.2. The molecule has 0 aromatic heterocycles. The molecule has 5 heteroatoms. The van der Waals surface area contributed by atoms with Gasteiger partial charge in [-0.05, 0) is 36.7 Å². The van der Waals surface area contributed by atoms with Crippen LogP contribution in [0.5, 0.6) is 11.5 Å². The summed E-state index contributed by atoms with van der Waals surface area (Å²) in [7, 11) is 1.64. The number of aliphatic hydroxyl groups excluding tert-OH is 1. The zero-order chi connectivity index (χ0) is 15.1. The van der Waals surface area contributed by atoms with E-state index < -0.39 is 6.10 Å². The van der Waals surface area contributed by atoms with Crippen molar-refractivity contribution in [1.82, 2.24) is 6.15 Å². The molecule has 2 aromatic rings. The third-order valence-corrected chi connectivity index (χ3v) is 3.27. The van der Waals surface area contributed by atoms with Crippen LogP contribution in [0.4, 0.5) is 0 Å². The van der Waals surface area contributed by atoms with E-state index in [1.54, 1.807) is 7.11 Å². The summed E-state index contributed by atoms with van der Waals surface area (Å²) in [6.07, 6.45) is -0.0134. The van der Waals surface area contributed by atoms with Crippen molar-refractivity contribution in [2.75, 3.05) is 13.7 Å². The Labute approximate surface area is 131 Å². The van der Waals surface area contributed by atoms with Crippen molar-refractivity contribution in [3.8, 4) is 11.5 Å². The number of hydrogen-bond donors (Lipinski definition) is 3. The lowest BCUT2D eigenvalue weighted by molar-refractivity contribution is 0.169. The van der Waals surface area contributed by atoms with E-state index in [4.69, 9.17) is 15.2 Å². The lowest BCUT2D eigenvalue weighted by Crippen LogP contribution is -2.07. The molecular weight excluding hydrogens is 280 g/mol. The van der Waals surface area contributed by atoms with Crippen molar-refractivity contribution >= 4 is 0 Å². The molecule has 0 heterocycles. The summed E-state index contributed by atoms with van der Waals surface area (Å²) in [6, 6.07) is 15.2. The molecule has 0 saturated carbocycles. The summed E-state index contributed by atoms with van der Waals surface area (Å²) in [6.45, 7) is 0.869. The molecule has 0 bridgehead atoms. The Kier molecular flexibility index (Phi) is 7.39. The molecule has 0 fully saturated rings. The minimum atomic E-state index is -0.551. The average molecular weight is 304 g/mol. The first kappa shape index (κ1) is 18.0. The molecule has 0 saturated heterocycles. The number of aliphatic hydroxyl groups is 1. The third-order valence-electron chi connectivity index (χ3n) is 3.27. The van der Waals surface area contributed by atoms with Gasteiger partial charge in [-0.15, -0.1) is 0 Å². The van der Waals surface area contributed by atoms with E-state index in [1.807, 2.05) is 48.5 Å². The van der Waals surface area contributed by atoms with Crippen LogP contribution in [0.3, 0.4) is 0 Å². The zero-order valence-electron chi connectivity index (χ0n) is 12.9. The van der Waals surface area contributed by atoms with Crippen LogP contribution in [0.2, 0.25) is 0 Å². The molecule has 5 nitrogen and oxygen atoms in total. The maximum atomic E-state index is 9.96. The summed E-state index contributed by atoms with van der Waals surface area (Å²) < 4.78 is 11.1. The van der Waals surface area contributed by atoms with Gasteiger partial charge in [0.2, 0.25) is 0 Å². The highest BCUT2D eigenvalue weighted by Crippen LogP contribution is 2.23. The zero-order valence-corrected chi connectivity index (χ0v) is 12.9. The molecule has 1 atom stereocenters. The highest BCUT2D eigenvalue weighted by molar-refractivity contribution is 5.34. The Morgan fingerprint density at radius 3 is 2.64 bits per heavy atom. The Morgan fingerprint density at radius 1 is 1.14 bits per heavy atom. The molecule has 22 heavy (non-hydrogen) atoms. The number of hydrogen-bond acceptors (Lipinski definition) is 5. The van der Waals surface area contributed by atoms with Crippen LogP contribution in [0, 0.1) is 0 Å². The SMILES string of the molecule is COc1ccccc1COc1cccc(C(O)CCN)c1.N. The third kappa shape index (κ3) is 4.73. The summed E-state index contributed by atoms with van der Waals surface area (Å²) in [5.74, 6) is 1.52. The Hall–Kier alpha value is -2.08. The van der Waals surface area contributed by atoms with Crippen LogP contribution >= 0.6 is 0 Å². The minimum Gasteiger partial charge on any atom is -0.496 e. The summed E-state index contributed by atoms with van der Waals surface area (Å²) in [4.78, 5) is 0. The maximum absolute atomic E-state index is 9.96. The summed E-state index contributed by atoms with van der Waals surface area (Å²) in [5, 5.41) is 9.96. The number of rotatable bonds is 7. The molecule has 2 aromatic carbocycles. The molecule has 0 aliphatic rings. The quantitative estimate of drug-likeness (QED) is 0.730. The van der Waals surface area contributed by atoms with E-state index in [-0.39, 0.29) is 6.15 Å². The van der Waals surface area contributed by atoms with Gasteiger partial charge in [0.05, 0.1) is 13.2 Å². The van der Waals surface area contributed by atoms with Crippen molar-refractivity contribution in [2.45, 2.75) is 19.1 Å². The molecule has 120 valence electrons. The van der Waals surface area contributed by atoms with Crippen LogP contribution in [0.15, 0.2) is 48.5 Å². The molecule has 2 rings (SSSR count). The van der Waals surface area contributed by atoms with E-state index in [0.717, 1.165) is 22.6 Å². The second-order valence-electron chi connectivity index (χ2n) is 4.77. The van der Waals surface area contributed by atoms with Gasteiger partial charge in [-0.3, -0.25) is 0 Å². The molecule has 0 aliphatic carbocycles. The van der Waals surface area contributed by atoms with E-state index in [9.17, 15) is 5.11 Å². The van der Waals surface area contributed by atoms with Gasteiger partial charge in [-0.1, -0.05) is 30.3 Å². The number of nitrogens with two attached hydrogens (primary N) is 1. The fourth-order valence-corrected chi connectivity index (χ4v) is 2.12. The molecule has 6 N–H and O–H groups in total. The van der Waals surface area contributed by atoms with Crippen molar-refractivity contribution in [2.24, 2.45) is 5.73 Å². The molecule has 0 spiro atoms. The van der Waals surface area contributed by atoms with Gasteiger partial charge >= 0.3 is 0 Å². The van der Waals surface area contributed by atoms with E-state index in [0.29, 0.717) is 19.6 Å². The summed E-state index contributed by atoms with van der Waals surface area (Å²) >= 11 is 0. The van der Waals surface area contributed by atoms with Crippen molar-refractivity contribution in [1.29, 1.82) is 0 Å². The highest BCUT2D eigenvalue weighted by atomic mass is 16.5. The van der Waals surface area contributed by atoms with Crippen LogP contribution in [-0.4, -0.2) is 18.8 Å². The van der Waals surface area contributed by atoms with E-state index in [1.165, 1.54) is 0 Å². The normalized spacial score (nSPS) is 11.4. The Morgan fingerprint density at radius 2 is 1.91 bits per heavy atom. The largest absolute Gasteiger partial charge is 0.496 e. The minimum absolute atomic E-state index is 0. The lowest BCUT2D eigenvalue weighted by Gasteiger charge is -2.13. The van der Waals surface area contributed by atoms with Crippen LogP contribution in [-0.2, 0) is 6.61 Å². The fourth-order valence-electron chi connectivity index (χ4n) is 2.12. The predicted octanol–water partition coefficient (Wildman–Crippen LogP) is 2.82. The molecule has 1 unspecified atom stereocenters. The van der Waals surface area contributed by atoms with Gasteiger partial charge in [0.25, 0.3) is 0 Å². The summed E-state index contributed by atoms with van der Waals surface area (Å²) in [5.41, 5.74) is 7.26. The smallest absolute Gasteiger partial charge is 0.125 e. The fraction of sp³-hybridized carbons (Fsp3) is 0.294. The number of ether oxygens (including phenoxy) is 2. The number of para-hydroxylation sites is 1. The molecular formula is C17H24N2O3. The predicted molar refractivity (Wildman–Crippen MR) is 87.4 cm³/mol. The monoisotopic (exact) mass is 304 g/mol. The van der Waals surface area contributed by atoms with Crippen molar-refractivity contribution in [3.63, 3.8) is 0 Å². The van der Waals surface area contributed by atoms with Crippen LogP contribution in [0.25, 0.3) is 0 Å². The van der Waals surface area contributed by atoms with Crippen molar-refractivity contribution < 1.29 is 14.6 Å². The van der Waals surface area contributed by atoms with Gasteiger partial charge in [0, 0.05) is 5.56 Å². The van der Waals surface area contributed by atoms with Crippen molar-refractivity contribution in [3.05, 3.63) is 59.7 Å². The maximum Gasteiger partial charge on any atom is 0.125 e. The van der Waals surface area contributed by atoms with Gasteiger partial charge in [0.1, 0.15) is 18.1 Å². The number of methoxy groups -OCH3 is 1. The Balaban J connectivity index is 0.00000242. The second kappa shape index (κ2) is 9.04. The molecule has 0 radical (unpaired) electrons. The van der Waals surface area contributed by atoms with Gasteiger partial charge in [-0.25, -0.2) is 0 Å². The van der Waals surface area contributed by atoms with E-state index >= 15 is 0 Å². The Bertz CT molecular complexity index is 575. The first-order valence-electron chi connectivity index (χ1n) is 6.97. The van der Waals surface area contributed by atoms with Crippen LogP contribution in [0.1, 0.15) is 23.7 Å². The highest BCUT2D eigenvalue weighted by Gasteiger charge is 2.08. The standard InChI is InChI=1S/C17H21NO3.H3N/c1-20-17-8-3-2-5-14(17)12-21-15-7-4-6-13(11-15)16(19)9-10-18;/h2-8,11,16,19H,9-10,12,18H2,1H3;1H3. The second-order valence-corrected chi connectivity index (χ2v) is 4.77. The lowest BCUT2D eigenvalue weighted by atomic mass is 10.1. The average Bonchev–Trinajstić information content (AvgIpc) is 2.53. The number of benzene rings is 2. The first-order valence-corrected chi connectivity index (χ1v) is 6.97. The van der Waals surface area contributed by atoms with E-state index in [2.05, 4.69) is 0 Å². The molecule has 0 amide bonds.